The summed E-state index contributed by atoms with van der Waals surface area (Å²) in [6.45, 7) is 3.42. The minimum atomic E-state index is 0.0886. The highest BCUT2D eigenvalue weighted by Crippen LogP contribution is 2.32. The Morgan fingerprint density at radius 3 is 2.50 bits per heavy atom. The molecule has 1 aromatic carbocycles. The monoisotopic (exact) mass is 322 g/mol. The van der Waals surface area contributed by atoms with Crippen molar-refractivity contribution >= 4 is 23.0 Å². The summed E-state index contributed by atoms with van der Waals surface area (Å²) in [6.07, 6.45) is 5.81. The number of hydrogen-bond acceptors (Lipinski definition) is 3. The van der Waals surface area contributed by atoms with Gasteiger partial charge in [0, 0.05) is 24.9 Å². The van der Waals surface area contributed by atoms with Crippen LogP contribution in [0.3, 0.4) is 0 Å². The standard InChI is InChI=1S/C17H26N2O2S/c1-3-21-15-8-6-14(7-9-15)18-16(22)19-17(12-13-20-2)10-4-5-11-17/h6-9H,3-5,10-13H2,1-2H3,(H2,18,19,22). The van der Waals surface area contributed by atoms with E-state index in [2.05, 4.69) is 10.6 Å². The summed E-state index contributed by atoms with van der Waals surface area (Å²) >= 11 is 5.48. The van der Waals surface area contributed by atoms with Gasteiger partial charge in [0.25, 0.3) is 0 Å². The van der Waals surface area contributed by atoms with E-state index in [-0.39, 0.29) is 5.54 Å². The number of ether oxygens (including phenoxy) is 2. The zero-order valence-electron chi connectivity index (χ0n) is 13.5. The SMILES string of the molecule is CCOc1ccc(NC(=S)NC2(CCOC)CCCC2)cc1. The Morgan fingerprint density at radius 1 is 1.23 bits per heavy atom. The molecule has 122 valence electrons. The normalized spacial score (nSPS) is 16.3. The van der Waals surface area contributed by atoms with E-state index in [1.165, 1.54) is 12.8 Å². The Bertz CT molecular complexity index is 470. The van der Waals surface area contributed by atoms with Gasteiger partial charge < -0.3 is 20.1 Å². The third kappa shape index (κ3) is 4.85. The summed E-state index contributed by atoms with van der Waals surface area (Å²) < 4.78 is 10.7. The van der Waals surface area contributed by atoms with E-state index < -0.39 is 0 Å². The summed E-state index contributed by atoms with van der Waals surface area (Å²) in [5.74, 6) is 0.874. The Balaban J connectivity index is 1.90. The van der Waals surface area contributed by atoms with Gasteiger partial charge in [-0.2, -0.15) is 0 Å². The fourth-order valence-electron chi connectivity index (χ4n) is 2.99. The molecule has 1 aromatic rings. The van der Waals surface area contributed by atoms with E-state index in [0.29, 0.717) is 11.7 Å². The highest BCUT2D eigenvalue weighted by Gasteiger charge is 2.33. The molecule has 0 atom stereocenters. The Labute approximate surface area is 138 Å². The molecule has 0 spiro atoms. The predicted octanol–water partition coefficient (Wildman–Crippen LogP) is 3.72. The lowest BCUT2D eigenvalue weighted by molar-refractivity contribution is 0.163. The van der Waals surface area contributed by atoms with Crippen LogP contribution in [0.4, 0.5) is 5.69 Å². The topological polar surface area (TPSA) is 42.5 Å². The lowest BCUT2D eigenvalue weighted by atomic mass is 9.94. The van der Waals surface area contributed by atoms with Crippen molar-refractivity contribution in [3.05, 3.63) is 24.3 Å². The maximum Gasteiger partial charge on any atom is 0.171 e. The van der Waals surface area contributed by atoms with Gasteiger partial charge in [0.2, 0.25) is 0 Å². The molecule has 0 aliphatic heterocycles. The van der Waals surface area contributed by atoms with Crippen LogP contribution in [-0.2, 0) is 4.74 Å². The van der Waals surface area contributed by atoms with E-state index in [9.17, 15) is 0 Å². The maximum absolute atomic E-state index is 5.48. The van der Waals surface area contributed by atoms with Crippen LogP contribution in [0.2, 0.25) is 0 Å². The summed E-state index contributed by atoms with van der Waals surface area (Å²) in [6, 6.07) is 7.86. The van der Waals surface area contributed by atoms with Crippen molar-refractivity contribution in [2.75, 3.05) is 25.6 Å². The number of anilines is 1. The first-order chi connectivity index (χ1) is 10.7. The van der Waals surface area contributed by atoms with Crippen molar-refractivity contribution in [1.29, 1.82) is 0 Å². The van der Waals surface area contributed by atoms with Crippen LogP contribution in [0.1, 0.15) is 39.0 Å². The zero-order chi connectivity index (χ0) is 15.8. The summed E-state index contributed by atoms with van der Waals surface area (Å²) in [5, 5.41) is 7.47. The third-order valence-electron chi connectivity index (χ3n) is 4.15. The first-order valence-electron chi connectivity index (χ1n) is 7.98. The maximum atomic E-state index is 5.48. The highest BCUT2D eigenvalue weighted by molar-refractivity contribution is 7.80. The van der Waals surface area contributed by atoms with Gasteiger partial charge in [-0.05, 0) is 62.7 Å². The van der Waals surface area contributed by atoms with E-state index >= 15 is 0 Å². The number of rotatable bonds is 7. The van der Waals surface area contributed by atoms with Crippen LogP contribution in [-0.4, -0.2) is 31.0 Å². The first-order valence-corrected chi connectivity index (χ1v) is 8.39. The van der Waals surface area contributed by atoms with Crippen molar-refractivity contribution in [1.82, 2.24) is 5.32 Å². The van der Waals surface area contributed by atoms with E-state index in [1.807, 2.05) is 31.2 Å². The zero-order valence-corrected chi connectivity index (χ0v) is 14.3. The molecule has 0 aromatic heterocycles. The van der Waals surface area contributed by atoms with Crippen molar-refractivity contribution in [3.8, 4) is 5.75 Å². The number of methoxy groups -OCH3 is 1. The molecular formula is C17H26N2O2S. The number of thiocarbonyl (C=S) groups is 1. The fourth-order valence-corrected chi connectivity index (χ4v) is 3.33. The fraction of sp³-hybridized carbons (Fsp3) is 0.588. The molecule has 5 heteroatoms. The van der Waals surface area contributed by atoms with E-state index in [4.69, 9.17) is 21.7 Å². The van der Waals surface area contributed by atoms with Gasteiger partial charge in [-0.25, -0.2) is 0 Å². The lowest BCUT2D eigenvalue weighted by Gasteiger charge is -2.31. The second kappa shape index (κ2) is 8.34. The van der Waals surface area contributed by atoms with Gasteiger partial charge >= 0.3 is 0 Å². The molecule has 0 radical (unpaired) electrons. The van der Waals surface area contributed by atoms with Gasteiger partial charge in [-0.3, -0.25) is 0 Å². The van der Waals surface area contributed by atoms with E-state index in [1.54, 1.807) is 7.11 Å². The number of benzene rings is 1. The molecular weight excluding hydrogens is 296 g/mol. The highest BCUT2D eigenvalue weighted by atomic mass is 32.1. The van der Waals surface area contributed by atoms with Crippen LogP contribution in [0.5, 0.6) is 5.75 Å². The molecule has 0 unspecified atom stereocenters. The van der Waals surface area contributed by atoms with Crippen LogP contribution in [0.15, 0.2) is 24.3 Å². The van der Waals surface area contributed by atoms with Crippen LogP contribution in [0, 0.1) is 0 Å². The van der Waals surface area contributed by atoms with Crippen molar-refractivity contribution in [3.63, 3.8) is 0 Å². The Morgan fingerprint density at radius 2 is 1.91 bits per heavy atom. The summed E-state index contributed by atoms with van der Waals surface area (Å²) in [7, 11) is 1.75. The Kier molecular flexibility index (Phi) is 6.46. The molecule has 4 nitrogen and oxygen atoms in total. The van der Waals surface area contributed by atoms with Gasteiger partial charge in [0.15, 0.2) is 5.11 Å². The molecule has 0 saturated heterocycles. The quantitative estimate of drug-likeness (QED) is 0.749. The second-order valence-electron chi connectivity index (χ2n) is 5.77. The third-order valence-corrected chi connectivity index (χ3v) is 4.35. The Hall–Kier alpha value is -1.33. The molecule has 1 saturated carbocycles. The molecule has 1 fully saturated rings. The molecule has 0 heterocycles. The molecule has 0 bridgehead atoms. The van der Waals surface area contributed by atoms with Crippen LogP contribution < -0.4 is 15.4 Å². The summed E-state index contributed by atoms with van der Waals surface area (Å²) in [4.78, 5) is 0. The average molecular weight is 322 g/mol. The number of nitrogens with one attached hydrogen (secondary N) is 2. The second-order valence-corrected chi connectivity index (χ2v) is 6.17. The molecule has 22 heavy (non-hydrogen) atoms. The molecule has 2 rings (SSSR count). The van der Waals surface area contributed by atoms with Gasteiger partial charge in [0.05, 0.1) is 6.61 Å². The first kappa shape index (κ1) is 17.0. The molecule has 2 N–H and O–H groups in total. The van der Waals surface area contributed by atoms with E-state index in [0.717, 1.165) is 37.3 Å². The van der Waals surface area contributed by atoms with Crippen LogP contribution >= 0.6 is 12.2 Å². The van der Waals surface area contributed by atoms with Gasteiger partial charge in [-0.15, -0.1) is 0 Å². The van der Waals surface area contributed by atoms with Gasteiger partial charge in [-0.1, -0.05) is 12.8 Å². The molecule has 1 aliphatic carbocycles. The van der Waals surface area contributed by atoms with Crippen LogP contribution in [0.25, 0.3) is 0 Å². The minimum Gasteiger partial charge on any atom is -0.494 e. The number of hydrogen-bond donors (Lipinski definition) is 2. The predicted molar refractivity (Wildman–Crippen MR) is 94.7 cm³/mol. The smallest absolute Gasteiger partial charge is 0.171 e. The minimum absolute atomic E-state index is 0.0886. The average Bonchev–Trinajstić information content (AvgIpc) is 2.96. The van der Waals surface area contributed by atoms with Gasteiger partial charge in [0.1, 0.15) is 5.75 Å². The van der Waals surface area contributed by atoms with Crippen molar-refractivity contribution < 1.29 is 9.47 Å². The molecule has 1 aliphatic rings. The van der Waals surface area contributed by atoms with Crippen molar-refractivity contribution in [2.45, 2.75) is 44.6 Å². The van der Waals surface area contributed by atoms with Crippen molar-refractivity contribution in [2.24, 2.45) is 0 Å². The largest absolute Gasteiger partial charge is 0.494 e. The summed E-state index contributed by atoms with van der Waals surface area (Å²) in [5.41, 5.74) is 1.06. The lowest BCUT2D eigenvalue weighted by Crippen LogP contribution is -2.48. The molecule has 0 amide bonds.